The van der Waals surface area contributed by atoms with Crippen molar-refractivity contribution in [2.45, 2.75) is 26.3 Å². The monoisotopic (exact) mass is 293 g/mol. The molecule has 0 unspecified atom stereocenters. The Kier molecular flexibility index (Phi) is 2.73. The van der Waals surface area contributed by atoms with Crippen LogP contribution >= 0.6 is 0 Å². The van der Waals surface area contributed by atoms with Gasteiger partial charge < -0.3 is 4.90 Å². The number of anilines is 1. The van der Waals surface area contributed by atoms with Crippen molar-refractivity contribution in [3.05, 3.63) is 42.7 Å². The van der Waals surface area contributed by atoms with Crippen molar-refractivity contribution in [3.63, 3.8) is 0 Å². The van der Waals surface area contributed by atoms with Crippen LogP contribution < -0.4 is 4.90 Å². The zero-order valence-corrected chi connectivity index (χ0v) is 13.1. The van der Waals surface area contributed by atoms with Crippen molar-refractivity contribution in [1.29, 1.82) is 0 Å². The third kappa shape index (κ3) is 2.04. The minimum Gasteiger partial charge on any atom is -0.356 e. The van der Waals surface area contributed by atoms with Crippen LogP contribution in [0.2, 0.25) is 0 Å². The van der Waals surface area contributed by atoms with Gasteiger partial charge in [-0.25, -0.2) is 4.98 Å². The van der Waals surface area contributed by atoms with Gasteiger partial charge in [0.15, 0.2) is 0 Å². The lowest BCUT2D eigenvalue weighted by Crippen LogP contribution is -2.26. The molecule has 0 aliphatic heterocycles. The minimum absolute atomic E-state index is 0.359. The summed E-state index contributed by atoms with van der Waals surface area (Å²) in [7, 11) is 2.13. The van der Waals surface area contributed by atoms with Gasteiger partial charge >= 0.3 is 0 Å². The molecule has 2 heterocycles. The molecule has 22 heavy (non-hydrogen) atoms. The molecular weight excluding hydrogens is 274 g/mol. The van der Waals surface area contributed by atoms with E-state index in [0.717, 1.165) is 17.1 Å². The molecule has 0 amide bonds. The molecule has 1 saturated carbocycles. The molecule has 112 valence electrons. The Bertz CT molecular complexity index is 821. The molecule has 5 nitrogen and oxygen atoms in total. The first-order valence-electron chi connectivity index (χ1n) is 7.55. The zero-order chi connectivity index (χ0) is 15.3. The van der Waals surface area contributed by atoms with Crippen LogP contribution in [0.4, 0.5) is 5.82 Å². The van der Waals surface area contributed by atoms with Crippen LogP contribution in [0, 0.1) is 5.41 Å². The number of benzene rings is 1. The van der Waals surface area contributed by atoms with Crippen LogP contribution in [0.15, 0.2) is 42.7 Å². The quantitative estimate of drug-likeness (QED) is 0.744. The van der Waals surface area contributed by atoms with E-state index in [1.54, 1.807) is 6.33 Å². The summed E-state index contributed by atoms with van der Waals surface area (Å²) >= 11 is 0. The number of aromatic nitrogens is 4. The van der Waals surface area contributed by atoms with Crippen molar-refractivity contribution in [3.8, 4) is 11.3 Å². The SMILES string of the molecule is CN(c1cc(-c2ccccc2)nc2ncnn12)[C@@H]1CC1(C)C. The lowest BCUT2D eigenvalue weighted by Gasteiger charge is -2.22. The fourth-order valence-electron chi connectivity index (χ4n) is 3.06. The Hall–Kier alpha value is -2.43. The lowest BCUT2D eigenvalue weighted by atomic mass is 10.1. The van der Waals surface area contributed by atoms with Crippen molar-refractivity contribution in [2.24, 2.45) is 5.41 Å². The maximum absolute atomic E-state index is 4.63. The molecule has 1 aliphatic carbocycles. The summed E-state index contributed by atoms with van der Waals surface area (Å²) in [6.45, 7) is 4.60. The zero-order valence-electron chi connectivity index (χ0n) is 13.1. The maximum Gasteiger partial charge on any atom is 0.254 e. The highest BCUT2D eigenvalue weighted by molar-refractivity contribution is 5.66. The van der Waals surface area contributed by atoms with E-state index in [1.165, 1.54) is 6.42 Å². The number of rotatable bonds is 3. The van der Waals surface area contributed by atoms with Crippen molar-refractivity contribution in [1.82, 2.24) is 19.6 Å². The Labute approximate surface area is 129 Å². The molecule has 0 N–H and O–H groups in total. The van der Waals surface area contributed by atoms with Gasteiger partial charge in [0.25, 0.3) is 5.78 Å². The summed E-state index contributed by atoms with van der Waals surface area (Å²) < 4.78 is 1.82. The predicted octanol–water partition coefficient (Wildman–Crippen LogP) is 3.03. The van der Waals surface area contributed by atoms with Gasteiger partial charge in [0.2, 0.25) is 0 Å². The van der Waals surface area contributed by atoms with E-state index in [2.05, 4.69) is 59.1 Å². The third-order valence-electron chi connectivity index (χ3n) is 4.59. The Morgan fingerprint density at radius 3 is 2.64 bits per heavy atom. The van der Waals surface area contributed by atoms with Crippen LogP contribution in [-0.2, 0) is 0 Å². The molecular formula is C17H19N5. The molecule has 2 aromatic heterocycles. The standard InChI is InChI=1S/C17H19N5/c1-17(2)10-14(17)21(3)15-9-13(12-7-5-4-6-8-12)20-16-18-11-19-22(15)16/h4-9,11,14H,10H2,1-3H3/t14-/m1/s1. The molecule has 1 fully saturated rings. The first-order valence-corrected chi connectivity index (χ1v) is 7.55. The molecule has 0 saturated heterocycles. The minimum atomic E-state index is 0.359. The summed E-state index contributed by atoms with van der Waals surface area (Å²) in [6.07, 6.45) is 2.76. The summed E-state index contributed by atoms with van der Waals surface area (Å²) in [4.78, 5) is 11.2. The van der Waals surface area contributed by atoms with Crippen molar-refractivity contribution in [2.75, 3.05) is 11.9 Å². The highest BCUT2D eigenvalue weighted by atomic mass is 15.4. The summed E-state index contributed by atoms with van der Waals surface area (Å²) in [5.41, 5.74) is 2.39. The van der Waals surface area contributed by atoms with E-state index in [0.29, 0.717) is 17.2 Å². The second-order valence-corrected chi connectivity index (χ2v) is 6.66. The number of fused-ring (bicyclic) bond motifs is 1. The van der Waals surface area contributed by atoms with Gasteiger partial charge in [-0.05, 0) is 11.8 Å². The first kappa shape index (κ1) is 13.2. The van der Waals surface area contributed by atoms with E-state index in [9.17, 15) is 0 Å². The number of hydrogen-bond donors (Lipinski definition) is 0. The molecule has 1 aromatic carbocycles. The highest BCUT2D eigenvalue weighted by Crippen LogP contribution is 2.49. The Morgan fingerprint density at radius 2 is 1.95 bits per heavy atom. The van der Waals surface area contributed by atoms with Gasteiger partial charge in [-0.3, -0.25) is 0 Å². The van der Waals surface area contributed by atoms with Crippen LogP contribution in [0.25, 0.3) is 17.0 Å². The second kappa shape index (κ2) is 4.53. The lowest BCUT2D eigenvalue weighted by molar-refractivity contribution is 0.599. The van der Waals surface area contributed by atoms with E-state index in [-0.39, 0.29) is 0 Å². The van der Waals surface area contributed by atoms with Crippen molar-refractivity contribution >= 4 is 11.6 Å². The molecule has 0 radical (unpaired) electrons. The van der Waals surface area contributed by atoms with Crippen LogP contribution in [0.5, 0.6) is 0 Å². The smallest absolute Gasteiger partial charge is 0.254 e. The number of hydrogen-bond acceptors (Lipinski definition) is 4. The van der Waals surface area contributed by atoms with Gasteiger partial charge in [-0.2, -0.15) is 14.6 Å². The topological polar surface area (TPSA) is 46.3 Å². The van der Waals surface area contributed by atoms with Crippen LogP contribution in [-0.4, -0.2) is 32.7 Å². The van der Waals surface area contributed by atoms with Gasteiger partial charge in [-0.15, -0.1) is 0 Å². The van der Waals surface area contributed by atoms with Crippen molar-refractivity contribution < 1.29 is 0 Å². The largest absolute Gasteiger partial charge is 0.356 e. The second-order valence-electron chi connectivity index (χ2n) is 6.66. The highest BCUT2D eigenvalue weighted by Gasteiger charge is 2.49. The van der Waals surface area contributed by atoms with Gasteiger partial charge in [-0.1, -0.05) is 44.2 Å². The molecule has 1 aliphatic rings. The van der Waals surface area contributed by atoms with Gasteiger partial charge in [0.05, 0.1) is 5.69 Å². The molecule has 0 spiro atoms. The Morgan fingerprint density at radius 1 is 1.23 bits per heavy atom. The van der Waals surface area contributed by atoms with Gasteiger partial charge in [0, 0.05) is 24.7 Å². The molecule has 5 heteroatoms. The van der Waals surface area contributed by atoms with Gasteiger partial charge in [0.1, 0.15) is 12.1 Å². The fourth-order valence-corrected chi connectivity index (χ4v) is 3.06. The molecule has 4 rings (SSSR count). The van der Waals surface area contributed by atoms with Crippen LogP contribution in [0.1, 0.15) is 20.3 Å². The van der Waals surface area contributed by atoms with E-state index in [4.69, 9.17) is 0 Å². The third-order valence-corrected chi connectivity index (χ3v) is 4.59. The molecule has 3 aromatic rings. The first-order chi connectivity index (χ1) is 10.6. The fraction of sp³-hybridized carbons (Fsp3) is 0.353. The van der Waals surface area contributed by atoms with E-state index < -0.39 is 0 Å². The average Bonchev–Trinajstić information content (AvgIpc) is 2.95. The average molecular weight is 293 g/mol. The normalized spacial score (nSPS) is 19.3. The number of nitrogens with zero attached hydrogens (tertiary/aromatic N) is 5. The Balaban J connectivity index is 1.85. The summed E-state index contributed by atoms with van der Waals surface area (Å²) in [6, 6.07) is 12.8. The summed E-state index contributed by atoms with van der Waals surface area (Å²) in [5.74, 6) is 1.68. The predicted molar refractivity (Wildman–Crippen MR) is 86.8 cm³/mol. The van der Waals surface area contributed by atoms with E-state index in [1.807, 2.05) is 22.7 Å². The summed E-state index contributed by atoms with van der Waals surface area (Å²) in [5, 5.41) is 4.33. The van der Waals surface area contributed by atoms with E-state index >= 15 is 0 Å². The molecule has 1 atom stereocenters. The molecule has 0 bridgehead atoms. The maximum atomic E-state index is 4.63. The van der Waals surface area contributed by atoms with Crippen LogP contribution in [0.3, 0.4) is 0 Å².